The zero-order valence-electron chi connectivity index (χ0n) is 24.1. The van der Waals surface area contributed by atoms with Gasteiger partial charge in [-0.2, -0.15) is 0 Å². The van der Waals surface area contributed by atoms with E-state index in [-0.39, 0.29) is 24.1 Å². The molecular formula is C30H56NO6+. The van der Waals surface area contributed by atoms with Crippen LogP contribution in [0.5, 0.6) is 0 Å². The van der Waals surface area contributed by atoms with Crippen molar-refractivity contribution in [2.24, 2.45) is 17.8 Å². The molecule has 0 radical (unpaired) electrons. The number of hydrogen-bond acceptors (Lipinski definition) is 3. The molecule has 0 aliphatic carbocycles. The van der Waals surface area contributed by atoms with Crippen molar-refractivity contribution in [1.29, 1.82) is 0 Å². The molecule has 216 valence electrons. The standard InChI is InChI=1S/C30H55NO6/c1-5-9-10-11-12-13-14-15-16-17-18-19-20-21-31(22-25(6-2)28(32)33,23-26(7-3)29(34)35)24-27(8-4)30(36)37/h13-14,25-27H,5-12,15-24H2,1-4H3,(H2-,32,33,34,35,36,37)/p+1/b14-13+. The Kier molecular flexibility index (Phi) is 20.0. The van der Waals surface area contributed by atoms with Gasteiger partial charge < -0.3 is 19.8 Å². The van der Waals surface area contributed by atoms with Crippen LogP contribution in [0, 0.1) is 17.8 Å². The lowest BCUT2D eigenvalue weighted by Crippen LogP contribution is -2.58. The molecule has 0 aromatic carbocycles. The Balaban J connectivity index is 5.17. The van der Waals surface area contributed by atoms with Crippen LogP contribution in [0.15, 0.2) is 12.2 Å². The quantitative estimate of drug-likeness (QED) is 0.0670. The Morgan fingerprint density at radius 2 is 0.919 bits per heavy atom. The molecule has 0 bridgehead atoms. The van der Waals surface area contributed by atoms with E-state index in [1.165, 1.54) is 32.1 Å². The molecule has 0 aromatic rings. The van der Waals surface area contributed by atoms with Crippen molar-refractivity contribution in [3.05, 3.63) is 12.2 Å². The van der Waals surface area contributed by atoms with Gasteiger partial charge in [0.2, 0.25) is 0 Å². The molecule has 0 saturated heterocycles. The summed E-state index contributed by atoms with van der Waals surface area (Å²) >= 11 is 0. The van der Waals surface area contributed by atoms with E-state index in [1.54, 1.807) is 0 Å². The molecule has 0 rings (SSSR count). The normalized spacial score (nSPS) is 15.8. The summed E-state index contributed by atoms with van der Waals surface area (Å²) < 4.78 is 0.251. The van der Waals surface area contributed by atoms with E-state index in [2.05, 4.69) is 19.1 Å². The zero-order valence-corrected chi connectivity index (χ0v) is 24.1. The monoisotopic (exact) mass is 526 g/mol. The van der Waals surface area contributed by atoms with Crippen LogP contribution in [-0.2, 0) is 14.4 Å². The van der Waals surface area contributed by atoms with Gasteiger partial charge in [-0.3, -0.25) is 14.4 Å². The number of hydrogen-bond donors (Lipinski definition) is 3. The fourth-order valence-corrected chi connectivity index (χ4v) is 5.21. The lowest BCUT2D eigenvalue weighted by atomic mass is 9.95. The number of unbranched alkanes of at least 4 members (excludes halogenated alkanes) is 9. The summed E-state index contributed by atoms with van der Waals surface area (Å²) in [5.74, 6) is -4.54. The zero-order chi connectivity index (χ0) is 28.1. The molecule has 3 atom stereocenters. The first-order valence-electron chi connectivity index (χ1n) is 14.8. The van der Waals surface area contributed by atoms with Crippen molar-refractivity contribution in [1.82, 2.24) is 0 Å². The third-order valence-corrected chi connectivity index (χ3v) is 7.74. The van der Waals surface area contributed by atoms with Gasteiger partial charge in [0, 0.05) is 0 Å². The summed E-state index contributed by atoms with van der Waals surface area (Å²) in [6, 6.07) is 0. The molecule has 37 heavy (non-hydrogen) atoms. The van der Waals surface area contributed by atoms with Gasteiger partial charge in [-0.05, 0) is 57.8 Å². The third-order valence-electron chi connectivity index (χ3n) is 7.74. The van der Waals surface area contributed by atoms with E-state index >= 15 is 0 Å². The highest BCUT2D eigenvalue weighted by atomic mass is 16.4. The van der Waals surface area contributed by atoms with E-state index < -0.39 is 35.7 Å². The Hall–Kier alpha value is -1.89. The van der Waals surface area contributed by atoms with Crippen LogP contribution in [-0.4, -0.2) is 63.9 Å². The number of carbonyl (C=O) groups is 3. The number of rotatable bonds is 25. The first kappa shape index (κ1) is 35.1. The fraction of sp³-hybridized carbons (Fsp3) is 0.833. The maximum Gasteiger partial charge on any atom is 0.312 e. The molecule has 0 heterocycles. The van der Waals surface area contributed by atoms with Gasteiger partial charge in [-0.15, -0.1) is 0 Å². The molecule has 0 fully saturated rings. The highest BCUT2D eigenvalue weighted by molar-refractivity contribution is 5.71. The first-order valence-corrected chi connectivity index (χ1v) is 14.8. The van der Waals surface area contributed by atoms with E-state index in [4.69, 9.17) is 0 Å². The number of nitrogens with zero attached hydrogens (tertiary/aromatic N) is 1. The lowest BCUT2D eigenvalue weighted by molar-refractivity contribution is -0.935. The van der Waals surface area contributed by atoms with Crippen LogP contribution in [0.25, 0.3) is 0 Å². The molecule has 7 nitrogen and oxygen atoms in total. The molecule has 0 aromatic heterocycles. The average molecular weight is 527 g/mol. The second-order valence-electron chi connectivity index (χ2n) is 10.8. The molecule has 0 aliphatic heterocycles. The van der Waals surface area contributed by atoms with Crippen LogP contribution in [0.2, 0.25) is 0 Å². The lowest BCUT2D eigenvalue weighted by Gasteiger charge is -2.43. The molecule has 0 amide bonds. The van der Waals surface area contributed by atoms with Gasteiger partial charge in [-0.25, -0.2) is 0 Å². The summed E-state index contributed by atoms with van der Waals surface area (Å²) in [6.45, 7) is 9.17. The van der Waals surface area contributed by atoms with Gasteiger partial charge in [0.05, 0.1) is 26.2 Å². The topological polar surface area (TPSA) is 112 Å². The van der Waals surface area contributed by atoms with Crippen LogP contribution < -0.4 is 0 Å². The summed E-state index contributed by atoms with van der Waals surface area (Å²) in [5.41, 5.74) is 0. The smallest absolute Gasteiger partial charge is 0.312 e. The van der Waals surface area contributed by atoms with Gasteiger partial charge >= 0.3 is 17.9 Å². The van der Waals surface area contributed by atoms with Crippen molar-refractivity contribution in [3.63, 3.8) is 0 Å². The predicted octanol–water partition coefficient (Wildman–Crippen LogP) is 7.00. The highest BCUT2D eigenvalue weighted by Gasteiger charge is 2.40. The van der Waals surface area contributed by atoms with Crippen LogP contribution >= 0.6 is 0 Å². The Morgan fingerprint density at radius 3 is 1.27 bits per heavy atom. The number of allylic oxidation sites excluding steroid dienone is 2. The van der Waals surface area contributed by atoms with Crippen molar-refractivity contribution in [3.8, 4) is 0 Å². The van der Waals surface area contributed by atoms with Crippen LogP contribution in [0.4, 0.5) is 0 Å². The van der Waals surface area contributed by atoms with Crippen molar-refractivity contribution >= 4 is 17.9 Å². The molecule has 0 aliphatic rings. The van der Waals surface area contributed by atoms with Crippen molar-refractivity contribution < 1.29 is 34.2 Å². The molecular weight excluding hydrogens is 470 g/mol. The van der Waals surface area contributed by atoms with Crippen LogP contribution in [0.3, 0.4) is 0 Å². The maximum atomic E-state index is 11.9. The largest absolute Gasteiger partial charge is 0.481 e. The maximum absolute atomic E-state index is 11.9. The summed E-state index contributed by atoms with van der Waals surface area (Å²) in [4.78, 5) is 35.8. The van der Waals surface area contributed by atoms with Gasteiger partial charge in [0.25, 0.3) is 0 Å². The highest BCUT2D eigenvalue weighted by Crippen LogP contribution is 2.25. The minimum absolute atomic E-state index is 0.251. The second kappa shape index (κ2) is 21.1. The van der Waals surface area contributed by atoms with E-state index in [1.807, 2.05) is 20.8 Å². The van der Waals surface area contributed by atoms with E-state index in [0.29, 0.717) is 25.8 Å². The van der Waals surface area contributed by atoms with Crippen molar-refractivity contribution in [2.75, 3.05) is 26.2 Å². The minimum Gasteiger partial charge on any atom is -0.481 e. The molecule has 0 spiro atoms. The fourth-order valence-electron chi connectivity index (χ4n) is 5.21. The SMILES string of the molecule is CCCCCC/C=C/CCCCCCC[N+](CC(CC)C(=O)O)(CC(CC)C(=O)O)CC(CC)C(=O)O. The average Bonchev–Trinajstić information content (AvgIpc) is 2.86. The first-order chi connectivity index (χ1) is 17.7. The number of aliphatic carboxylic acids is 3. The molecule has 7 heteroatoms. The number of quaternary nitrogens is 1. The van der Waals surface area contributed by atoms with Gasteiger partial charge in [0.15, 0.2) is 0 Å². The van der Waals surface area contributed by atoms with Gasteiger partial charge in [0.1, 0.15) is 17.8 Å². The summed E-state index contributed by atoms with van der Waals surface area (Å²) in [7, 11) is 0. The second-order valence-corrected chi connectivity index (χ2v) is 10.8. The Bertz CT molecular complexity index is 603. The molecule has 3 N–H and O–H groups in total. The molecule has 0 saturated carbocycles. The predicted molar refractivity (Wildman–Crippen MR) is 150 cm³/mol. The third kappa shape index (κ3) is 15.8. The van der Waals surface area contributed by atoms with Gasteiger partial charge in [-0.1, -0.05) is 72.0 Å². The van der Waals surface area contributed by atoms with E-state index in [0.717, 1.165) is 38.5 Å². The number of carboxylic acids is 3. The Morgan fingerprint density at radius 1 is 0.568 bits per heavy atom. The van der Waals surface area contributed by atoms with E-state index in [9.17, 15) is 29.7 Å². The number of carboxylic acid groups (broad SMARTS) is 3. The molecule has 3 unspecified atom stereocenters. The van der Waals surface area contributed by atoms with Crippen molar-refractivity contribution in [2.45, 2.75) is 118 Å². The van der Waals surface area contributed by atoms with Crippen LogP contribution in [0.1, 0.15) is 118 Å². The Labute approximate surface area is 225 Å². The minimum atomic E-state index is -0.893. The summed E-state index contributed by atoms with van der Waals surface area (Å²) in [6.07, 6.45) is 18.5. The summed E-state index contributed by atoms with van der Waals surface area (Å²) in [5, 5.41) is 29.3.